The van der Waals surface area contributed by atoms with Gasteiger partial charge in [-0.2, -0.15) is 0 Å². The van der Waals surface area contributed by atoms with Crippen molar-refractivity contribution in [3.05, 3.63) is 75.1 Å². The van der Waals surface area contributed by atoms with Crippen LogP contribution in [0, 0.1) is 10.1 Å². The van der Waals surface area contributed by atoms with Gasteiger partial charge in [-0.3, -0.25) is 10.1 Å². The van der Waals surface area contributed by atoms with Crippen LogP contribution in [0.2, 0.25) is 0 Å². The van der Waals surface area contributed by atoms with Crippen LogP contribution in [0.25, 0.3) is 0 Å². The molecule has 0 radical (unpaired) electrons. The van der Waals surface area contributed by atoms with E-state index in [9.17, 15) is 25.1 Å². The molecule has 0 spiro atoms. The number of aromatic amines is 1. The highest BCUT2D eigenvalue weighted by Gasteiger charge is 2.30. The van der Waals surface area contributed by atoms with Crippen LogP contribution in [0.4, 0.5) is 11.6 Å². The molecule has 0 aliphatic rings. The summed E-state index contributed by atoms with van der Waals surface area (Å²) in [5.74, 6) is -1.14. The number of nitro groups is 1. The van der Waals surface area contributed by atoms with Crippen molar-refractivity contribution in [1.82, 2.24) is 9.97 Å². The molecular formula is C21H22N4O7. The average molecular weight is 442 g/mol. The van der Waals surface area contributed by atoms with Crippen molar-refractivity contribution in [2.45, 2.75) is 18.4 Å². The lowest BCUT2D eigenvalue weighted by Crippen LogP contribution is -2.16. The number of rotatable bonds is 9. The molecule has 11 heteroatoms. The van der Waals surface area contributed by atoms with Gasteiger partial charge in [-0.25, -0.2) is 9.78 Å². The van der Waals surface area contributed by atoms with Crippen LogP contribution in [0.5, 0.6) is 11.5 Å². The molecule has 2 aromatic carbocycles. The number of aromatic nitrogens is 2. The standard InChI is InChI=1S/C21H22N4O7/c1-31-14-6-3-11(4-7-14)15(17-18(19(26)20(27)28)24-21(22)23-17)10-12-9-13(25(29)30)5-8-16(12)32-2/h3-9,15,19,26H,10H2,1-2H3,(H,27,28)(H3,22,23,24). The van der Waals surface area contributed by atoms with Gasteiger partial charge >= 0.3 is 5.97 Å². The van der Waals surface area contributed by atoms with Crippen LogP contribution in [0.15, 0.2) is 42.5 Å². The first-order valence-corrected chi connectivity index (χ1v) is 9.46. The lowest BCUT2D eigenvalue weighted by Gasteiger charge is -2.20. The summed E-state index contributed by atoms with van der Waals surface area (Å²) in [6.45, 7) is 0. The number of H-pyrrole nitrogens is 1. The number of carboxylic acids is 1. The number of nitrogens with zero attached hydrogens (tertiary/aromatic N) is 2. The number of aliphatic hydroxyl groups excluding tert-OH is 1. The van der Waals surface area contributed by atoms with Gasteiger partial charge in [-0.1, -0.05) is 12.1 Å². The Labute approximate surface area is 182 Å². The molecule has 0 saturated carbocycles. The number of non-ortho nitro benzene ring substituents is 1. The largest absolute Gasteiger partial charge is 0.497 e. The number of aliphatic hydroxyl groups is 1. The number of carboxylic acid groups (broad SMARTS) is 1. The Bertz CT molecular complexity index is 1130. The van der Waals surface area contributed by atoms with E-state index in [-0.39, 0.29) is 29.4 Å². The lowest BCUT2D eigenvalue weighted by molar-refractivity contribution is -0.384. The van der Waals surface area contributed by atoms with Crippen LogP contribution < -0.4 is 15.2 Å². The van der Waals surface area contributed by atoms with Crippen LogP contribution >= 0.6 is 0 Å². The molecule has 0 aliphatic heterocycles. The molecule has 0 aliphatic carbocycles. The second-order valence-electron chi connectivity index (χ2n) is 6.94. The maximum absolute atomic E-state index is 11.4. The molecule has 0 bridgehead atoms. The topological polar surface area (TPSA) is 174 Å². The zero-order valence-electron chi connectivity index (χ0n) is 17.3. The van der Waals surface area contributed by atoms with Gasteiger partial charge in [0.15, 0.2) is 12.1 Å². The van der Waals surface area contributed by atoms with E-state index in [2.05, 4.69) is 9.97 Å². The first-order chi connectivity index (χ1) is 15.2. The number of hydrogen-bond donors (Lipinski definition) is 4. The smallest absolute Gasteiger partial charge is 0.338 e. The summed E-state index contributed by atoms with van der Waals surface area (Å²) in [6.07, 6.45) is -1.73. The van der Waals surface area contributed by atoms with Gasteiger partial charge in [0.25, 0.3) is 5.69 Å². The highest BCUT2D eigenvalue weighted by molar-refractivity contribution is 5.74. The van der Waals surface area contributed by atoms with Crippen molar-refractivity contribution < 1.29 is 29.4 Å². The number of aliphatic carboxylic acids is 1. The van der Waals surface area contributed by atoms with Crippen molar-refractivity contribution in [3.8, 4) is 11.5 Å². The van der Waals surface area contributed by atoms with Crippen LogP contribution in [0.1, 0.15) is 34.5 Å². The van der Waals surface area contributed by atoms with E-state index in [0.29, 0.717) is 22.6 Å². The predicted octanol–water partition coefficient (Wildman–Crippen LogP) is 2.41. The molecule has 1 heterocycles. The number of imidazole rings is 1. The van der Waals surface area contributed by atoms with Gasteiger partial charge in [0.05, 0.1) is 30.5 Å². The zero-order chi connectivity index (χ0) is 23.4. The predicted molar refractivity (Wildman–Crippen MR) is 114 cm³/mol. The summed E-state index contributed by atoms with van der Waals surface area (Å²) in [5, 5.41) is 30.8. The third-order valence-electron chi connectivity index (χ3n) is 5.03. The second-order valence-corrected chi connectivity index (χ2v) is 6.94. The minimum Gasteiger partial charge on any atom is -0.497 e. The quantitative estimate of drug-likeness (QED) is 0.286. The fourth-order valence-electron chi connectivity index (χ4n) is 3.48. The highest BCUT2D eigenvalue weighted by Crippen LogP contribution is 2.36. The lowest BCUT2D eigenvalue weighted by atomic mass is 9.87. The number of nitrogen functional groups attached to an aromatic ring is 1. The molecule has 0 amide bonds. The van der Waals surface area contributed by atoms with E-state index < -0.39 is 22.9 Å². The molecule has 0 saturated heterocycles. The maximum Gasteiger partial charge on any atom is 0.338 e. The fraction of sp³-hybridized carbons (Fsp3) is 0.238. The van der Waals surface area contributed by atoms with E-state index in [1.54, 1.807) is 24.3 Å². The molecular weight excluding hydrogens is 420 g/mol. The molecule has 168 valence electrons. The van der Waals surface area contributed by atoms with Gasteiger partial charge in [0.1, 0.15) is 11.5 Å². The average Bonchev–Trinajstić information content (AvgIpc) is 3.17. The van der Waals surface area contributed by atoms with E-state index in [1.165, 1.54) is 32.4 Å². The highest BCUT2D eigenvalue weighted by atomic mass is 16.6. The maximum atomic E-state index is 11.4. The Hall–Kier alpha value is -4.12. The Kier molecular flexibility index (Phi) is 6.59. The summed E-state index contributed by atoms with van der Waals surface area (Å²) >= 11 is 0. The number of nitrogens with one attached hydrogen (secondary N) is 1. The van der Waals surface area contributed by atoms with Crippen molar-refractivity contribution in [2.24, 2.45) is 0 Å². The number of carbonyl (C=O) groups is 1. The molecule has 2 unspecified atom stereocenters. The third-order valence-corrected chi connectivity index (χ3v) is 5.03. The molecule has 11 nitrogen and oxygen atoms in total. The molecule has 3 rings (SSSR count). The van der Waals surface area contributed by atoms with Crippen molar-refractivity contribution in [1.29, 1.82) is 0 Å². The van der Waals surface area contributed by atoms with Gasteiger partial charge < -0.3 is 30.4 Å². The van der Waals surface area contributed by atoms with Gasteiger partial charge in [-0.05, 0) is 30.2 Å². The van der Waals surface area contributed by atoms with Crippen molar-refractivity contribution in [2.75, 3.05) is 20.0 Å². The molecule has 3 aromatic rings. The van der Waals surface area contributed by atoms with Crippen molar-refractivity contribution in [3.63, 3.8) is 0 Å². The third kappa shape index (κ3) is 4.62. The van der Waals surface area contributed by atoms with Crippen LogP contribution in [-0.2, 0) is 11.2 Å². The number of ether oxygens (including phenoxy) is 2. The molecule has 0 fully saturated rings. The Morgan fingerprint density at radius 3 is 2.47 bits per heavy atom. The fourth-order valence-corrected chi connectivity index (χ4v) is 3.48. The minimum absolute atomic E-state index is 0.0692. The first kappa shape index (κ1) is 22.6. The molecule has 1 aromatic heterocycles. The number of anilines is 1. The van der Waals surface area contributed by atoms with E-state index in [4.69, 9.17) is 15.2 Å². The monoisotopic (exact) mass is 442 g/mol. The van der Waals surface area contributed by atoms with E-state index in [1.807, 2.05) is 0 Å². The molecule has 32 heavy (non-hydrogen) atoms. The number of hydrogen-bond acceptors (Lipinski definition) is 8. The summed E-state index contributed by atoms with van der Waals surface area (Å²) in [4.78, 5) is 29.1. The molecule has 5 N–H and O–H groups in total. The summed E-state index contributed by atoms with van der Waals surface area (Å²) in [7, 11) is 2.97. The Morgan fingerprint density at radius 1 is 1.22 bits per heavy atom. The Morgan fingerprint density at radius 2 is 1.91 bits per heavy atom. The second kappa shape index (κ2) is 9.35. The summed E-state index contributed by atoms with van der Waals surface area (Å²) < 4.78 is 10.6. The van der Waals surface area contributed by atoms with Crippen molar-refractivity contribution >= 4 is 17.6 Å². The number of nitro benzene ring substituents is 1. The number of benzene rings is 2. The van der Waals surface area contributed by atoms with Gasteiger partial charge in [0.2, 0.25) is 0 Å². The number of nitrogens with two attached hydrogens (primary N) is 1. The van der Waals surface area contributed by atoms with Crippen LogP contribution in [-0.4, -0.2) is 45.3 Å². The SMILES string of the molecule is COc1ccc(C(Cc2cc([N+](=O)[O-])ccc2OC)c2nc(N)[nH]c2C(O)C(=O)O)cc1. The Balaban J connectivity index is 2.16. The summed E-state index contributed by atoms with van der Waals surface area (Å²) in [6, 6.07) is 11.2. The van der Waals surface area contributed by atoms with E-state index >= 15 is 0 Å². The zero-order valence-corrected chi connectivity index (χ0v) is 17.3. The minimum atomic E-state index is -1.89. The van der Waals surface area contributed by atoms with Gasteiger partial charge in [-0.15, -0.1) is 0 Å². The number of methoxy groups -OCH3 is 2. The van der Waals surface area contributed by atoms with E-state index in [0.717, 1.165) is 0 Å². The first-order valence-electron chi connectivity index (χ1n) is 9.46. The van der Waals surface area contributed by atoms with Gasteiger partial charge in [0, 0.05) is 23.6 Å². The summed E-state index contributed by atoms with van der Waals surface area (Å²) in [5.41, 5.74) is 7.00. The van der Waals surface area contributed by atoms with Crippen LogP contribution in [0.3, 0.4) is 0 Å². The normalized spacial score (nSPS) is 12.7. The molecule has 2 atom stereocenters.